The van der Waals surface area contributed by atoms with Crippen LogP contribution in [0.5, 0.6) is 0 Å². The van der Waals surface area contributed by atoms with Gasteiger partial charge in [-0.05, 0) is 43.5 Å². The normalized spacial score (nSPS) is 11.0. The van der Waals surface area contributed by atoms with Crippen LogP contribution < -0.4 is 11.0 Å². The van der Waals surface area contributed by atoms with Gasteiger partial charge >= 0.3 is 5.69 Å². The van der Waals surface area contributed by atoms with Crippen LogP contribution in [0.3, 0.4) is 0 Å². The summed E-state index contributed by atoms with van der Waals surface area (Å²) in [7, 11) is 0. The number of amides is 1. The maximum Gasteiger partial charge on any atom is 0.350 e. The molecule has 0 aliphatic rings. The summed E-state index contributed by atoms with van der Waals surface area (Å²) in [6.45, 7) is 1.84. The van der Waals surface area contributed by atoms with Crippen LogP contribution in [-0.4, -0.2) is 31.3 Å². The van der Waals surface area contributed by atoms with Gasteiger partial charge in [-0.15, -0.1) is 16.9 Å². The van der Waals surface area contributed by atoms with Crippen molar-refractivity contribution in [2.45, 2.75) is 28.3 Å². The predicted molar refractivity (Wildman–Crippen MR) is 119 cm³/mol. The zero-order valence-electron chi connectivity index (χ0n) is 16.4. The Morgan fingerprint density at radius 1 is 1.13 bits per heavy atom. The zero-order chi connectivity index (χ0) is 21.1. The van der Waals surface area contributed by atoms with Crippen LogP contribution in [0.15, 0.2) is 80.5 Å². The smallest absolute Gasteiger partial charge is 0.324 e. The van der Waals surface area contributed by atoms with Gasteiger partial charge in [0.15, 0.2) is 5.65 Å². The molecule has 0 spiro atoms. The van der Waals surface area contributed by atoms with Gasteiger partial charge in [0.05, 0.1) is 0 Å². The van der Waals surface area contributed by atoms with Crippen LogP contribution in [0.4, 0.5) is 5.69 Å². The molecule has 0 radical (unpaired) electrons. The molecule has 0 aliphatic carbocycles. The van der Waals surface area contributed by atoms with Crippen molar-refractivity contribution in [3.05, 3.63) is 77.0 Å². The number of benzene rings is 2. The topological polar surface area (TPSA) is 81.3 Å². The Balaban J connectivity index is 1.58. The van der Waals surface area contributed by atoms with Gasteiger partial charge in [-0.25, -0.2) is 18.9 Å². The average Bonchev–Trinajstić information content (AvgIpc) is 3.05. The second-order valence-corrected chi connectivity index (χ2v) is 8.51. The maximum atomic E-state index is 12.7. The van der Waals surface area contributed by atoms with Crippen LogP contribution in [0.1, 0.15) is 5.56 Å². The number of anilines is 1. The Kier molecular flexibility index (Phi) is 5.91. The minimum absolute atomic E-state index is 0.182. The van der Waals surface area contributed by atoms with Crippen LogP contribution in [-0.2, 0) is 11.3 Å². The number of hydrogen-bond acceptors (Lipinski definition) is 6. The lowest BCUT2D eigenvalue weighted by atomic mass is 10.2. The lowest BCUT2D eigenvalue weighted by Gasteiger charge is -2.06. The van der Waals surface area contributed by atoms with E-state index in [1.54, 1.807) is 24.2 Å². The highest BCUT2D eigenvalue weighted by Gasteiger charge is 2.15. The zero-order valence-corrected chi connectivity index (χ0v) is 18.0. The molecule has 2 heterocycles. The molecule has 2 aromatic carbocycles. The monoisotopic (exact) mass is 437 g/mol. The van der Waals surface area contributed by atoms with Crippen molar-refractivity contribution in [2.75, 3.05) is 11.6 Å². The molecule has 0 aliphatic heterocycles. The molecule has 0 unspecified atom stereocenters. The molecular weight excluding hydrogens is 418 g/mol. The minimum atomic E-state index is -0.383. The van der Waals surface area contributed by atoms with E-state index < -0.39 is 0 Å². The Morgan fingerprint density at radius 3 is 2.73 bits per heavy atom. The number of nitrogens with zero attached hydrogens (tertiary/aromatic N) is 4. The van der Waals surface area contributed by atoms with Crippen LogP contribution in [0.25, 0.3) is 5.65 Å². The van der Waals surface area contributed by atoms with E-state index in [2.05, 4.69) is 15.4 Å². The van der Waals surface area contributed by atoms with Crippen molar-refractivity contribution in [1.82, 2.24) is 19.2 Å². The fourth-order valence-electron chi connectivity index (χ4n) is 2.93. The SMILES string of the molecule is CSc1cccc(NC(=O)Cn2nc3c(Sc4cccc(C)c4)nccn3c2=O)c1. The number of aromatic nitrogens is 4. The number of carbonyl (C=O) groups excluding carboxylic acids is 1. The van der Waals surface area contributed by atoms with Gasteiger partial charge in [-0.3, -0.25) is 4.79 Å². The molecule has 7 nitrogen and oxygen atoms in total. The number of hydrogen-bond donors (Lipinski definition) is 1. The van der Waals surface area contributed by atoms with E-state index in [1.807, 2.05) is 61.7 Å². The van der Waals surface area contributed by atoms with Crippen LogP contribution >= 0.6 is 23.5 Å². The molecule has 0 atom stereocenters. The second kappa shape index (κ2) is 8.76. The standard InChI is InChI=1S/C21H19N5O2S2/c1-14-5-3-8-17(11-14)30-20-19-24-26(21(28)25(19)10-9-22-20)13-18(27)23-15-6-4-7-16(12-15)29-2/h3-12H,13H2,1-2H3,(H,23,27). The third kappa shape index (κ3) is 4.42. The lowest BCUT2D eigenvalue weighted by Crippen LogP contribution is -2.28. The largest absolute Gasteiger partial charge is 0.350 e. The van der Waals surface area contributed by atoms with E-state index in [0.717, 1.165) is 20.0 Å². The third-order valence-electron chi connectivity index (χ3n) is 4.32. The fraction of sp³-hybridized carbons (Fsp3) is 0.143. The van der Waals surface area contributed by atoms with Gasteiger partial charge < -0.3 is 5.32 Å². The van der Waals surface area contributed by atoms with Gasteiger partial charge in [-0.1, -0.05) is 35.5 Å². The van der Waals surface area contributed by atoms with Gasteiger partial charge in [0.25, 0.3) is 0 Å². The summed E-state index contributed by atoms with van der Waals surface area (Å²) in [6.07, 6.45) is 5.09. The maximum absolute atomic E-state index is 12.7. The van der Waals surface area contributed by atoms with Crippen molar-refractivity contribution in [3.8, 4) is 0 Å². The highest BCUT2D eigenvalue weighted by molar-refractivity contribution is 7.99. The van der Waals surface area contributed by atoms with E-state index in [9.17, 15) is 9.59 Å². The minimum Gasteiger partial charge on any atom is -0.324 e. The van der Waals surface area contributed by atoms with Crippen molar-refractivity contribution < 1.29 is 4.79 Å². The fourth-order valence-corrected chi connectivity index (χ4v) is 4.35. The van der Waals surface area contributed by atoms with Gasteiger partial charge in [-0.2, -0.15) is 0 Å². The first-order valence-corrected chi connectivity index (χ1v) is 11.2. The molecule has 152 valence electrons. The van der Waals surface area contributed by atoms with Crippen molar-refractivity contribution in [3.63, 3.8) is 0 Å². The number of nitrogens with one attached hydrogen (secondary N) is 1. The Morgan fingerprint density at radius 2 is 1.93 bits per heavy atom. The van der Waals surface area contributed by atoms with E-state index in [-0.39, 0.29) is 18.1 Å². The van der Waals surface area contributed by atoms with Crippen molar-refractivity contribution >= 4 is 40.8 Å². The molecule has 4 aromatic rings. The third-order valence-corrected chi connectivity index (χ3v) is 6.02. The van der Waals surface area contributed by atoms with Crippen LogP contribution in [0, 0.1) is 6.92 Å². The molecule has 0 bridgehead atoms. The summed E-state index contributed by atoms with van der Waals surface area (Å²) in [5.74, 6) is -0.320. The number of aryl methyl sites for hydroxylation is 1. The first-order chi connectivity index (χ1) is 14.5. The summed E-state index contributed by atoms with van der Waals surface area (Å²) in [5.41, 5.74) is 1.86. The lowest BCUT2D eigenvalue weighted by molar-refractivity contribution is -0.117. The van der Waals surface area contributed by atoms with Gasteiger partial charge in [0, 0.05) is 27.9 Å². The number of carbonyl (C=O) groups is 1. The Bertz CT molecular complexity index is 1280. The highest BCUT2D eigenvalue weighted by Crippen LogP contribution is 2.28. The Hall–Kier alpha value is -3.04. The van der Waals surface area contributed by atoms with Gasteiger partial charge in [0.1, 0.15) is 11.6 Å². The van der Waals surface area contributed by atoms with Gasteiger partial charge in [0.2, 0.25) is 5.91 Å². The Labute approximate surface area is 181 Å². The predicted octanol–water partition coefficient (Wildman–Crippen LogP) is 3.71. The number of thioether (sulfide) groups is 1. The van der Waals surface area contributed by atoms with Crippen LogP contribution in [0.2, 0.25) is 0 Å². The molecule has 0 fully saturated rings. The van der Waals surface area contributed by atoms with E-state index in [1.165, 1.54) is 16.2 Å². The molecule has 1 amide bonds. The van der Waals surface area contributed by atoms with Crippen molar-refractivity contribution in [2.24, 2.45) is 0 Å². The van der Waals surface area contributed by atoms with E-state index in [4.69, 9.17) is 0 Å². The highest BCUT2D eigenvalue weighted by atomic mass is 32.2. The number of rotatable bonds is 6. The molecule has 30 heavy (non-hydrogen) atoms. The molecular formula is C21H19N5O2S2. The summed E-state index contributed by atoms with van der Waals surface area (Å²) in [6, 6.07) is 15.5. The first kappa shape index (κ1) is 20.2. The molecule has 0 saturated carbocycles. The first-order valence-electron chi connectivity index (χ1n) is 9.16. The number of fused-ring (bicyclic) bond motifs is 1. The average molecular weight is 438 g/mol. The quantitative estimate of drug-likeness (QED) is 0.463. The van der Waals surface area contributed by atoms with E-state index >= 15 is 0 Å². The summed E-state index contributed by atoms with van der Waals surface area (Å²) >= 11 is 3.02. The summed E-state index contributed by atoms with van der Waals surface area (Å²) < 4.78 is 2.57. The summed E-state index contributed by atoms with van der Waals surface area (Å²) in [5, 5.41) is 7.78. The molecule has 9 heteroatoms. The van der Waals surface area contributed by atoms with Crippen molar-refractivity contribution in [1.29, 1.82) is 0 Å². The molecule has 2 aromatic heterocycles. The second-order valence-electron chi connectivity index (χ2n) is 6.56. The molecule has 0 saturated heterocycles. The van der Waals surface area contributed by atoms with E-state index in [0.29, 0.717) is 16.4 Å². The summed E-state index contributed by atoms with van der Waals surface area (Å²) in [4.78, 5) is 31.6. The molecule has 4 rings (SSSR count). The molecule has 1 N–H and O–H groups in total.